The van der Waals surface area contributed by atoms with Crippen molar-refractivity contribution in [1.29, 1.82) is 0 Å². The summed E-state index contributed by atoms with van der Waals surface area (Å²) in [7, 11) is 0. The molecular weight excluding hydrogens is 346 g/mol. The van der Waals surface area contributed by atoms with Crippen molar-refractivity contribution in [2.45, 2.75) is 51.9 Å². The minimum absolute atomic E-state index is 0.0483. The maximum Gasteiger partial charge on any atom is 0.225 e. The fourth-order valence-corrected chi connectivity index (χ4v) is 3.26. The minimum atomic E-state index is 0.0483. The number of rotatable bonds is 10. The highest BCUT2D eigenvalue weighted by Gasteiger charge is 2.13. The van der Waals surface area contributed by atoms with Gasteiger partial charge in [-0.1, -0.05) is 87.6 Å². The van der Waals surface area contributed by atoms with E-state index in [1.807, 2.05) is 71.4 Å². The quantitative estimate of drug-likeness (QED) is 0.427. The molecule has 3 aromatic rings. The summed E-state index contributed by atoms with van der Waals surface area (Å²) >= 11 is 0. The van der Waals surface area contributed by atoms with Crippen LogP contribution in [0.3, 0.4) is 0 Å². The Morgan fingerprint density at radius 1 is 0.893 bits per heavy atom. The Hall–Kier alpha value is -2.88. The molecule has 0 saturated heterocycles. The normalized spacial score (nSPS) is 10.8. The van der Waals surface area contributed by atoms with Crippen molar-refractivity contribution in [3.63, 3.8) is 0 Å². The number of hydrogen-bond donors (Lipinski definition) is 1. The molecule has 0 aliphatic carbocycles. The van der Waals surface area contributed by atoms with Gasteiger partial charge in [-0.2, -0.15) is 5.10 Å². The predicted molar refractivity (Wildman–Crippen MR) is 116 cm³/mol. The van der Waals surface area contributed by atoms with E-state index in [1.54, 1.807) is 0 Å². The van der Waals surface area contributed by atoms with Crippen LogP contribution in [-0.2, 0) is 4.79 Å². The SMILES string of the molecule is CCCCCCCCC(=O)Nc1cc(-c2ccccc2)nn1-c1ccccc1. The molecule has 0 atom stereocenters. The van der Waals surface area contributed by atoms with E-state index in [2.05, 4.69) is 12.2 Å². The van der Waals surface area contributed by atoms with Crippen molar-refractivity contribution in [3.8, 4) is 16.9 Å². The van der Waals surface area contributed by atoms with Crippen LogP contribution < -0.4 is 5.32 Å². The van der Waals surface area contributed by atoms with Crippen molar-refractivity contribution in [2.24, 2.45) is 0 Å². The fourth-order valence-electron chi connectivity index (χ4n) is 3.26. The standard InChI is InChI=1S/C24H29N3O/c1-2-3-4-5-6-13-18-24(28)25-23-19-22(20-14-9-7-10-15-20)26-27(23)21-16-11-8-12-17-21/h7-12,14-17,19H,2-6,13,18H2,1H3,(H,25,28). The van der Waals surface area contributed by atoms with Crippen LogP contribution in [0.25, 0.3) is 16.9 Å². The topological polar surface area (TPSA) is 46.9 Å². The molecule has 4 heteroatoms. The number of carbonyl (C=O) groups is 1. The third-order valence-electron chi connectivity index (χ3n) is 4.80. The van der Waals surface area contributed by atoms with E-state index in [0.717, 1.165) is 29.8 Å². The van der Waals surface area contributed by atoms with Crippen LogP contribution >= 0.6 is 0 Å². The highest BCUT2D eigenvalue weighted by atomic mass is 16.1. The van der Waals surface area contributed by atoms with Crippen molar-refractivity contribution in [3.05, 3.63) is 66.7 Å². The lowest BCUT2D eigenvalue weighted by atomic mass is 10.1. The van der Waals surface area contributed by atoms with Gasteiger partial charge in [-0.15, -0.1) is 0 Å². The maximum absolute atomic E-state index is 12.5. The van der Waals surface area contributed by atoms with Gasteiger partial charge in [0.05, 0.1) is 11.4 Å². The number of nitrogens with zero attached hydrogens (tertiary/aromatic N) is 2. The molecule has 2 aromatic carbocycles. The molecule has 0 aliphatic rings. The molecule has 1 N–H and O–H groups in total. The van der Waals surface area contributed by atoms with Gasteiger partial charge in [-0.3, -0.25) is 4.79 Å². The van der Waals surface area contributed by atoms with Gasteiger partial charge < -0.3 is 5.32 Å². The third kappa shape index (κ3) is 5.56. The summed E-state index contributed by atoms with van der Waals surface area (Å²) in [5.74, 6) is 0.758. The molecular formula is C24H29N3O. The van der Waals surface area contributed by atoms with Crippen molar-refractivity contribution < 1.29 is 4.79 Å². The zero-order chi connectivity index (χ0) is 19.6. The summed E-state index contributed by atoms with van der Waals surface area (Å²) in [6.45, 7) is 2.22. The van der Waals surface area contributed by atoms with Gasteiger partial charge in [0.25, 0.3) is 0 Å². The van der Waals surface area contributed by atoms with Crippen LogP contribution in [0.5, 0.6) is 0 Å². The Morgan fingerprint density at radius 3 is 2.25 bits per heavy atom. The number of amides is 1. The number of anilines is 1. The molecule has 0 bridgehead atoms. The van der Waals surface area contributed by atoms with E-state index in [9.17, 15) is 4.79 Å². The molecule has 28 heavy (non-hydrogen) atoms. The first-order chi connectivity index (χ1) is 13.8. The van der Waals surface area contributed by atoms with Crippen LogP contribution in [-0.4, -0.2) is 15.7 Å². The van der Waals surface area contributed by atoms with Gasteiger partial charge in [0.15, 0.2) is 0 Å². The Bertz CT molecular complexity index is 856. The Labute approximate surface area is 167 Å². The van der Waals surface area contributed by atoms with Crippen LogP contribution in [0.4, 0.5) is 5.82 Å². The van der Waals surface area contributed by atoms with Crippen LogP contribution in [0.2, 0.25) is 0 Å². The molecule has 1 aromatic heterocycles. The van der Waals surface area contributed by atoms with Gasteiger partial charge in [-0.05, 0) is 18.6 Å². The summed E-state index contributed by atoms with van der Waals surface area (Å²) in [6, 6.07) is 21.9. The molecule has 0 spiro atoms. The first kappa shape index (κ1) is 19.9. The Kier molecular flexibility index (Phi) is 7.42. The lowest BCUT2D eigenvalue weighted by molar-refractivity contribution is -0.116. The first-order valence-corrected chi connectivity index (χ1v) is 10.3. The average Bonchev–Trinajstić information content (AvgIpc) is 3.15. The molecule has 3 rings (SSSR count). The van der Waals surface area contributed by atoms with Gasteiger partial charge in [0, 0.05) is 18.1 Å². The number of hydrogen-bond acceptors (Lipinski definition) is 2. The second-order valence-electron chi connectivity index (χ2n) is 7.09. The van der Waals surface area contributed by atoms with Crippen LogP contribution in [0, 0.1) is 0 Å². The van der Waals surface area contributed by atoms with Gasteiger partial charge in [0.2, 0.25) is 5.91 Å². The number of para-hydroxylation sites is 1. The lowest BCUT2D eigenvalue weighted by Crippen LogP contribution is -2.14. The van der Waals surface area contributed by atoms with E-state index in [-0.39, 0.29) is 5.91 Å². The summed E-state index contributed by atoms with van der Waals surface area (Å²) in [4.78, 5) is 12.5. The van der Waals surface area contributed by atoms with E-state index in [0.29, 0.717) is 12.2 Å². The predicted octanol–water partition coefficient (Wildman–Crippen LogP) is 6.23. The molecule has 4 nitrogen and oxygen atoms in total. The largest absolute Gasteiger partial charge is 0.311 e. The monoisotopic (exact) mass is 375 g/mol. The third-order valence-corrected chi connectivity index (χ3v) is 4.80. The summed E-state index contributed by atoms with van der Waals surface area (Å²) in [5, 5.41) is 7.80. The van der Waals surface area contributed by atoms with Crippen LogP contribution in [0.15, 0.2) is 66.7 Å². The van der Waals surface area contributed by atoms with Gasteiger partial charge in [-0.25, -0.2) is 4.68 Å². The highest BCUT2D eigenvalue weighted by Crippen LogP contribution is 2.25. The van der Waals surface area contributed by atoms with Crippen molar-refractivity contribution in [1.82, 2.24) is 9.78 Å². The summed E-state index contributed by atoms with van der Waals surface area (Å²) < 4.78 is 1.81. The fraction of sp³-hybridized carbons (Fsp3) is 0.333. The van der Waals surface area contributed by atoms with Gasteiger partial charge in [0.1, 0.15) is 5.82 Å². The van der Waals surface area contributed by atoms with E-state index in [1.165, 1.54) is 25.7 Å². The number of benzene rings is 2. The maximum atomic E-state index is 12.5. The smallest absolute Gasteiger partial charge is 0.225 e. The van der Waals surface area contributed by atoms with Crippen molar-refractivity contribution in [2.75, 3.05) is 5.32 Å². The Morgan fingerprint density at radius 2 is 1.54 bits per heavy atom. The number of carbonyl (C=O) groups excluding carboxylic acids is 1. The van der Waals surface area contributed by atoms with Gasteiger partial charge >= 0.3 is 0 Å². The van der Waals surface area contributed by atoms with E-state index < -0.39 is 0 Å². The minimum Gasteiger partial charge on any atom is -0.311 e. The molecule has 0 unspecified atom stereocenters. The lowest BCUT2D eigenvalue weighted by Gasteiger charge is -2.08. The molecule has 1 amide bonds. The van der Waals surface area contributed by atoms with E-state index >= 15 is 0 Å². The van der Waals surface area contributed by atoms with Crippen LogP contribution in [0.1, 0.15) is 51.9 Å². The number of unbranched alkanes of at least 4 members (excludes halogenated alkanes) is 5. The average molecular weight is 376 g/mol. The second-order valence-corrected chi connectivity index (χ2v) is 7.09. The molecule has 0 fully saturated rings. The number of aromatic nitrogens is 2. The zero-order valence-electron chi connectivity index (χ0n) is 16.6. The Balaban J connectivity index is 1.70. The molecule has 0 aliphatic heterocycles. The van der Waals surface area contributed by atoms with Crippen molar-refractivity contribution >= 4 is 11.7 Å². The molecule has 146 valence electrons. The summed E-state index contributed by atoms with van der Waals surface area (Å²) in [5.41, 5.74) is 2.81. The molecule has 0 radical (unpaired) electrons. The number of nitrogens with one attached hydrogen (secondary N) is 1. The summed E-state index contributed by atoms with van der Waals surface area (Å²) in [6.07, 6.45) is 7.59. The highest BCUT2D eigenvalue weighted by molar-refractivity contribution is 5.90. The van der Waals surface area contributed by atoms with E-state index in [4.69, 9.17) is 5.10 Å². The molecule has 0 saturated carbocycles. The zero-order valence-corrected chi connectivity index (χ0v) is 16.6. The first-order valence-electron chi connectivity index (χ1n) is 10.3. The molecule has 1 heterocycles. The second kappa shape index (κ2) is 10.5.